The molecular formula is C10H14BrNO2. The summed E-state index contributed by atoms with van der Waals surface area (Å²) in [6, 6.07) is 3.56. The Hall–Kier alpha value is -0.740. The van der Waals surface area contributed by atoms with E-state index >= 15 is 0 Å². The van der Waals surface area contributed by atoms with Crippen LogP contribution < -0.4 is 10.5 Å². The molecule has 0 heterocycles. The molecule has 0 radical (unpaired) electrons. The molecule has 0 bridgehead atoms. The fraction of sp³-hybridized carbons (Fsp3) is 0.400. The molecule has 1 aromatic rings. The zero-order chi connectivity index (χ0) is 10.7. The van der Waals surface area contributed by atoms with Gasteiger partial charge < -0.3 is 15.6 Å². The molecule has 0 amide bonds. The highest BCUT2D eigenvalue weighted by atomic mass is 79.9. The normalized spacial score (nSPS) is 12.6. The van der Waals surface area contributed by atoms with Gasteiger partial charge in [0, 0.05) is 16.1 Å². The summed E-state index contributed by atoms with van der Waals surface area (Å²) in [5.41, 5.74) is 6.47. The van der Waals surface area contributed by atoms with Gasteiger partial charge in [-0.3, -0.25) is 0 Å². The van der Waals surface area contributed by atoms with Crippen molar-refractivity contribution in [2.75, 3.05) is 7.11 Å². The molecule has 3 nitrogen and oxygen atoms in total. The fourth-order valence-corrected chi connectivity index (χ4v) is 1.75. The largest absolute Gasteiger partial charge is 0.504 e. The van der Waals surface area contributed by atoms with Crippen molar-refractivity contribution in [3.63, 3.8) is 0 Å². The minimum Gasteiger partial charge on any atom is -0.504 e. The van der Waals surface area contributed by atoms with Crippen molar-refractivity contribution in [3.8, 4) is 11.5 Å². The first-order valence-electron chi connectivity index (χ1n) is 4.36. The van der Waals surface area contributed by atoms with Crippen LogP contribution in [0.3, 0.4) is 0 Å². The number of hydrogen-bond acceptors (Lipinski definition) is 3. The highest BCUT2D eigenvalue weighted by molar-refractivity contribution is 9.10. The van der Waals surface area contributed by atoms with Crippen LogP contribution in [0, 0.1) is 0 Å². The van der Waals surface area contributed by atoms with Crippen LogP contribution in [0.15, 0.2) is 16.6 Å². The van der Waals surface area contributed by atoms with Crippen molar-refractivity contribution in [1.82, 2.24) is 0 Å². The van der Waals surface area contributed by atoms with E-state index in [9.17, 15) is 5.11 Å². The predicted molar refractivity (Wildman–Crippen MR) is 59.7 cm³/mol. The minimum absolute atomic E-state index is 0.00399. The van der Waals surface area contributed by atoms with E-state index in [1.54, 1.807) is 6.07 Å². The average Bonchev–Trinajstić information content (AvgIpc) is 2.12. The second-order valence-electron chi connectivity index (χ2n) is 3.26. The molecule has 0 aromatic heterocycles. The minimum atomic E-state index is 0.00399. The van der Waals surface area contributed by atoms with Gasteiger partial charge in [0.25, 0.3) is 0 Å². The summed E-state index contributed by atoms with van der Waals surface area (Å²) in [4.78, 5) is 0. The highest BCUT2D eigenvalue weighted by Crippen LogP contribution is 2.35. The van der Waals surface area contributed by atoms with E-state index in [0.717, 1.165) is 10.0 Å². The summed E-state index contributed by atoms with van der Waals surface area (Å²) in [5, 5.41) is 9.81. The Kier molecular flexibility index (Phi) is 3.77. The molecule has 0 saturated carbocycles. The standard InChI is InChI=1S/C10H14BrNO2/c1-6(12)5-7-8(11)3-4-9(14-2)10(7)13/h3-4,6,13H,5,12H2,1-2H3. The molecule has 0 fully saturated rings. The van der Waals surface area contributed by atoms with Crippen molar-refractivity contribution < 1.29 is 9.84 Å². The third kappa shape index (κ3) is 2.39. The summed E-state index contributed by atoms with van der Waals surface area (Å²) in [7, 11) is 1.53. The highest BCUT2D eigenvalue weighted by Gasteiger charge is 2.12. The molecule has 0 aliphatic rings. The van der Waals surface area contributed by atoms with Gasteiger partial charge in [0.2, 0.25) is 0 Å². The number of hydrogen-bond donors (Lipinski definition) is 2. The lowest BCUT2D eigenvalue weighted by Crippen LogP contribution is -2.18. The van der Waals surface area contributed by atoms with Crippen LogP contribution in [0.1, 0.15) is 12.5 Å². The van der Waals surface area contributed by atoms with E-state index in [4.69, 9.17) is 10.5 Å². The second-order valence-corrected chi connectivity index (χ2v) is 4.11. The molecule has 1 unspecified atom stereocenters. The Labute approximate surface area is 92.0 Å². The van der Waals surface area contributed by atoms with Crippen LogP contribution in [0.4, 0.5) is 0 Å². The number of methoxy groups -OCH3 is 1. The Bertz CT molecular complexity index is 326. The summed E-state index contributed by atoms with van der Waals surface area (Å²) in [5.74, 6) is 0.642. The van der Waals surface area contributed by atoms with E-state index < -0.39 is 0 Å². The number of halogens is 1. The van der Waals surface area contributed by atoms with E-state index in [2.05, 4.69) is 15.9 Å². The molecule has 78 valence electrons. The maximum Gasteiger partial charge on any atom is 0.162 e. The van der Waals surface area contributed by atoms with Crippen LogP contribution in [0.2, 0.25) is 0 Å². The number of benzene rings is 1. The second kappa shape index (κ2) is 4.66. The first kappa shape index (κ1) is 11.3. The van der Waals surface area contributed by atoms with Crippen LogP contribution in [-0.4, -0.2) is 18.3 Å². The van der Waals surface area contributed by atoms with Gasteiger partial charge in [-0.05, 0) is 25.5 Å². The van der Waals surface area contributed by atoms with Gasteiger partial charge >= 0.3 is 0 Å². The molecule has 0 aliphatic carbocycles. The summed E-state index contributed by atoms with van der Waals surface area (Å²) >= 11 is 3.37. The Morgan fingerprint density at radius 3 is 2.71 bits per heavy atom. The molecule has 1 atom stereocenters. The number of ether oxygens (including phenoxy) is 1. The molecule has 1 aromatic carbocycles. The summed E-state index contributed by atoms with van der Waals surface area (Å²) in [6.07, 6.45) is 0.615. The van der Waals surface area contributed by atoms with Crippen molar-refractivity contribution in [3.05, 3.63) is 22.2 Å². The van der Waals surface area contributed by atoms with E-state index in [0.29, 0.717) is 12.2 Å². The monoisotopic (exact) mass is 259 g/mol. The van der Waals surface area contributed by atoms with Gasteiger partial charge in [0.1, 0.15) is 0 Å². The summed E-state index contributed by atoms with van der Waals surface area (Å²) in [6.45, 7) is 1.89. The maximum atomic E-state index is 9.81. The van der Waals surface area contributed by atoms with Gasteiger partial charge in [-0.1, -0.05) is 15.9 Å². The van der Waals surface area contributed by atoms with Gasteiger partial charge in [0.05, 0.1) is 7.11 Å². The number of nitrogens with two attached hydrogens (primary N) is 1. The molecule has 0 spiro atoms. The molecule has 3 N–H and O–H groups in total. The summed E-state index contributed by atoms with van der Waals surface area (Å²) < 4.78 is 5.87. The zero-order valence-electron chi connectivity index (χ0n) is 8.25. The number of aromatic hydroxyl groups is 1. The third-order valence-corrected chi connectivity index (χ3v) is 2.68. The maximum absolute atomic E-state index is 9.81. The average molecular weight is 260 g/mol. The van der Waals surface area contributed by atoms with Crippen LogP contribution in [0.25, 0.3) is 0 Å². The SMILES string of the molecule is COc1ccc(Br)c(CC(C)N)c1O. The van der Waals surface area contributed by atoms with Crippen LogP contribution in [0.5, 0.6) is 11.5 Å². The Balaban J connectivity index is 3.11. The lowest BCUT2D eigenvalue weighted by Gasteiger charge is -2.12. The smallest absolute Gasteiger partial charge is 0.162 e. The number of phenolic OH excluding ortho intramolecular Hbond substituents is 1. The third-order valence-electron chi connectivity index (χ3n) is 1.93. The molecule has 14 heavy (non-hydrogen) atoms. The van der Waals surface area contributed by atoms with Gasteiger partial charge in [-0.25, -0.2) is 0 Å². The zero-order valence-corrected chi connectivity index (χ0v) is 9.84. The lowest BCUT2D eigenvalue weighted by atomic mass is 10.1. The molecular weight excluding hydrogens is 246 g/mol. The molecule has 0 aliphatic heterocycles. The number of phenols is 1. The van der Waals surface area contributed by atoms with Crippen molar-refractivity contribution in [2.45, 2.75) is 19.4 Å². The molecule has 0 saturated heterocycles. The van der Waals surface area contributed by atoms with Crippen LogP contribution in [-0.2, 0) is 6.42 Å². The van der Waals surface area contributed by atoms with Crippen molar-refractivity contribution in [1.29, 1.82) is 0 Å². The quantitative estimate of drug-likeness (QED) is 0.874. The predicted octanol–water partition coefficient (Wildman–Crippen LogP) is 2.05. The van der Waals surface area contributed by atoms with Crippen molar-refractivity contribution in [2.24, 2.45) is 5.73 Å². The molecule has 4 heteroatoms. The fourth-order valence-electron chi connectivity index (χ4n) is 1.27. The lowest BCUT2D eigenvalue weighted by molar-refractivity contribution is 0.369. The van der Waals surface area contributed by atoms with Gasteiger partial charge in [-0.15, -0.1) is 0 Å². The van der Waals surface area contributed by atoms with E-state index in [1.807, 2.05) is 13.0 Å². The van der Waals surface area contributed by atoms with Gasteiger partial charge in [0.15, 0.2) is 11.5 Å². The van der Waals surface area contributed by atoms with Crippen molar-refractivity contribution >= 4 is 15.9 Å². The Morgan fingerprint density at radius 1 is 1.57 bits per heavy atom. The van der Waals surface area contributed by atoms with Crippen LogP contribution >= 0.6 is 15.9 Å². The molecule has 1 rings (SSSR count). The topological polar surface area (TPSA) is 55.5 Å². The van der Waals surface area contributed by atoms with Gasteiger partial charge in [-0.2, -0.15) is 0 Å². The number of rotatable bonds is 3. The van der Waals surface area contributed by atoms with E-state index in [-0.39, 0.29) is 11.8 Å². The first-order valence-corrected chi connectivity index (χ1v) is 5.15. The Morgan fingerprint density at radius 2 is 2.21 bits per heavy atom. The first-order chi connectivity index (χ1) is 6.56. The van der Waals surface area contributed by atoms with E-state index in [1.165, 1.54) is 7.11 Å².